The Balaban J connectivity index is 2.15. The van der Waals surface area contributed by atoms with Gasteiger partial charge in [-0.25, -0.2) is 4.98 Å². The summed E-state index contributed by atoms with van der Waals surface area (Å²) in [5.74, 6) is 0.582. The monoisotopic (exact) mass is 288 g/mol. The summed E-state index contributed by atoms with van der Waals surface area (Å²) in [4.78, 5) is 22.0. The van der Waals surface area contributed by atoms with Gasteiger partial charge in [-0.05, 0) is 30.2 Å². The number of fused-ring (bicyclic) bond motifs is 1. The standard InChI is InChI=1S/C14H13ClN4O/c1-9-4-2-3-5-11(9)19-7-6-12(20)17-10-8-16-14(15)18-13(10)19/h2-5,8H,6-7H2,1H3,(H,17,20). The number of amides is 1. The molecule has 0 bridgehead atoms. The minimum Gasteiger partial charge on any atom is -0.324 e. The number of aryl methyl sites for hydroxylation is 1. The zero-order valence-electron chi connectivity index (χ0n) is 10.9. The van der Waals surface area contributed by atoms with E-state index in [2.05, 4.69) is 15.3 Å². The van der Waals surface area contributed by atoms with Gasteiger partial charge >= 0.3 is 0 Å². The first-order valence-electron chi connectivity index (χ1n) is 6.31. The predicted octanol–water partition coefficient (Wildman–Crippen LogP) is 2.92. The molecule has 1 amide bonds. The van der Waals surface area contributed by atoms with E-state index >= 15 is 0 Å². The van der Waals surface area contributed by atoms with Crippen molar-refractivity contribution >= 4 is 34.7 Å². The van der Waals surface area contributed by atoms with Gasteiger partial charge in [0, 0.05) is 18.7 Å². The number of nitrogens with one attached hydrogen (secondary N) is 1. The van der Waals surface area contributed by atoms with Gasteiger partial charge in [-0.3, -0.25) is 4.79 Å². The number of hydrogen-bond acceptors (Lipinski definition) is 4. The number of carbonyl (C=O) groups excluding carboxylic acids is 1. The molecule has 0 saturated heterocycles. The van der Waals surface area contributed by atoms with Crippen molar-refractivity contribution in [1.82, 2.24) is 9.97 Å². The first kappa shape index (κ1) is 12.9. The summed E-state index contributed by atoms with van der Waals surface area (Å²) in [5.41, 5.74) is 2.71. The molecule has 1 N–H and O–H groups in total. The molecule has 2 heterocycles. The fraction of sp³-hybridized carbons (Fsp3) is 0.214. The zero-order valence-corrected chi connectivity index (χ0v) is 11.7. The molecule has 6 heteroatoms. The molecular weight excluding hydrogens is 276 g/mol. The summed E-state index contributed by atoms with van der Waals surface area (Å²) in [6.07, 6.45) is 1.93. The smallest absolute Gasteiger partial charge is 0.226 e. The first-order chi connectivity index (χ1) is 9.65. The molecule has 3 rings (SSSR count). The maximum Gasteiger partial charge on any atom is 0.226 e. The first-order valence-corrected chi connectivity index (χ1v) is 6.68. The van der Waals surface area contributed by atoms with Crippen molar-refractivity contribution in [2.24, 2.45) is 0 Å². The van der Waals surface area contributed by atoms with Gasteiger partial charge in [0.2, 0.25) is 11.2 Å². The highest BCUT2D eigenvalue weighted by Crippen LogP contribution is 2.34. The Labute approximate surface area is 121 Å². The molecule has 5 nitrogen and oxygen atoms in total. The van der Waals surface area contributed by atoms with E-state index in [1.807, 2.05) is 36.1 Å². The number of anilines is 3. The number of rotatable bonds is 1. The molecule has 1 aliphatic heterocycles. The molecule has 0 saturated carbocycles. The molecule has 102 valence electrons. The van der Waals surface area contributed by atoms with Crippen LogP contribution in [0.25, 0.3) is 0 Å². The van der Waals surface area contributed by atoms with Crippen LogP contribution in [-0.2, 0) is 4.79 Å². The van der Waals surface area contributed by atoms with Crippen LogP contribution in [0.2, 0.25) is 5.28 Å². The van der Waals surface area contributed by atoms with Gasteiger partial charge in [-0.15, -0.1) is 0 Å². The van der Waals surface area contributed by atoms with E-state index in [-0.39, 0.29) is 11.2 Å². The molecule has 0 fully saturated rings. The lowest BCUT2D eigenvalue weighted by atomic mass is 10.1. The summed E-state index contributed by atoms with van der Waals surface area (Å²) < 4.78 is 0. The number of para-hydroxylation sites is 1. The van der Waals surface area contributed by atoms with E-state index in [4.69, 9.17) is 11.6 Å². The summed E-state index contributed by atoms with van der Waals surface area (Å²) in [6.45, 7) is 2.58. The van der Waals surface area contributed by atoms with Crippen molar-refractivity contribution in [1.29, 1.82) is 0 Å². The quantitative estimate of drug-likeness (QED) is 0.820. The maximum absolute atomic E-state index is 11.8. The molecule has 0 spiro atoms. The van der Waals surface area contributed by atoms with E-state index in [1.54, 1.807) is 6.20 Å². The Morgan fingerprint density at radius 3 is 2.95 bits per heavy atom. The van der Waals surface area contributed by atoms with Crippen LogP contribution < -0.4 is 10.2 Å². The summed E-state index contributed by atoms with van der Waals surface area (Å²) in [7, 11) is 0. The normalized spacial score (nSPS) is 14.5. The Hall–Kier alpha value is -2.14. The van der Waals surface area contributed by atoms with E-state index < -0.39 is 0 Å². The molecule has 1 aromatic carbocycles. The van der Waals surface area contributed by atoms with Gasteiger partial charge in [0.15, 0.2) is 5.82 Å². The van der Waals surface area contributed by atoms with Gasteiger partial charge in [-0.1, -0.05) is 18.2 Å². The number of benzene rings is 1. The predicted molar refractivity (Wildman–Crippen MR) is 78.5 cm³/mol. The highest BCUT2D eigenvalue weighted by atomic mass is 35.5. The van der Waals surface area contributed by atoms with E-state index in [0.717, 1.165) is 11.3 Å². The summed E-state index contributed by atoms with van der Waals surface area (Å²) in [6, 6.07) is 7.97. The number of hydrogen-bond donors (Lipinski definition) is 1. The number of nitrogens with zero attached hydrogens (tertiary/aromatic N) is 3. The Morgan fingerprint density at radius 2 is 2.15 bits per heavy atom. The molecule has 0 aliphatic carbocycles. The molecule has 0 unspecified atom stereocenters. The van der Waals surface area contributed by atoms with E-state index in [9.17, 15) is 4.79 Å². The lowest BCUT2D eigenvalue weighted by Gasteiger charge is -2.24. The highest BCUT2D eigenvalue weighted by Gasteiger charge is 2.23. The van der Waals surface area contributed by atoms with Gasteiger partial charge in [0.1, 0.15) is 5.69 Å². The topological polar surface area (TPSA) is 58.1 Å². The Bertz CT molecular complexity index is 674. The summed E-state index contributed by atoms with van der Waals surface area (Å²) >= 11 is 5.90. The van der Waals surface area contributed by atoms with Gasteiger partial charge in [0.25, 0.3) is 0 Å². The Morgan fingerprint density at radius 1 is 1.35 bits per heavy atom. The molecule has 1 aromatic heterocycles. The average molecular weight is 289 g/mol. The third-order valence-corrected chi connectivity index (χ3v) is 3.42. The van der Waals surface area contributed by atoms with Crippen molar-refractivity contribution in [3.8, 4) is 0 Å². The van der Waals surface area contributed by atoms with Crippen LogP contribution in [-0.4, -0.2) is 22.4 Å². The number of carbonyl (C=O) groups is 1. The SMILES string of the molecule is Cc1ccccc1N1CCC(=O)Nc2cnc(Cl)nc21. The molecule has 2 aromatic rings. The minimum atomic E-state index is -0.0479. The maximum atomic E-state index is 11.8. The fourth-order valence-electron chi connectivity index (χ4n) is 2.28. The molecule has 20 heavy (non-hydrogen) atoms. The number of aromatic nitrogens is 2. The average Bonchev–Trinajstić information content (AvgIpc) is 2.58. The summed E-state index contributed by atoms with van der Waals surface area (Å²) in [5, 5.41) is 2.97. The van der Waals surface area contributed by atoms with E-state index in [1.165, 1.54) is 0 Å². The third-order valence-electron chi connectivity index (χ3n) is 3.24. The van der Waals surface area contributed by atoms with Crippen LogP contribution in [0.4, 0.5) is 17.2 Å². The van der Waals surface area contributed by atoms with Crippen LogP contribution >= 0.6 is 11.6 Å². The molecule has 1 aliphatic rings. The molecule has 0 radical (unpaired) electrons. The molecule has 0 atom stereocenters. The largest absolute Gasteiger partial charge is 0.324 e. The van der Waals surface area contributed by atoms with Crippen molar-refractivity contribution in [3.63, 3.8) is 0 Å². The number of halogens is 1. The fourth-order valence-corrected chi connectivity index (χ4v) is 2.41. The second-order valence-corrected chi connectivity index (χ2v) is 4.95. The lowest BCUT2D eigenvalue weighted by Crippen LogP contribution is -2.20. The van der Waals surface area contributed by atoms with E-state index in [0.29, 0.717) is 24.5 Å². The third kappa shape index (κ3) is 2.32. The van der Waals surface area contributed by atoms with Crippen molar-refractivity contribution in [2.75, 3.05) is 16.8 Å². The Kier molecular flexibility index (Phi) is 3.28. The van der Waals surface area contributed by atoms with Gasteiger partial charge < -0.3 is 10.2 Å². The van der Waals surface area contributed by atoms with Crippen LogP contribution in [0.5, 0.6) is 0 Å². The molecular formula is C14H13ClN4O. The van der Waals surface area contributed by atoms with Crippen molar-refractivity contribution in [3.05, 3.63) is 41.3 Å². The van der Waals surface area contributed by atoms with Crippen LogP contribution in [0.1, 0.15) is 12.0 Å². The second kappa shape index (κ2) is 5.09. The van der Waals surface area contributed by atoms with Crippen LogP contribution in [0, 0.1) is 6.92 Å². The second-order valence-electron chi connectivity index (χ2n) is 4.61. The van der Waals surface area contributed by atoms with Crippen LogP contribution in [0.3, 0.4) is 0 Å². The van der Waals surface area contributed by atoms with Gasteiger partial charge in [-0.2, -0.15) is 4.98 Å². The lowest BCUT2D eigenvalue weighted by molar-refractivity contribution is -0.115. The van der Waals surface area contributed by atoms with Crippen molar-refractivity contribution < 1.29 is 4.79 Å². The van der Waals surface area contributed by atoms with Crippen molar-refractivity contribution in [2.45, 2.75) is 13.3 Å². The van der Waals surface area contributed by atoms with Gasteiger partial charge in [0.05, 0.1) is 6.20 Å². The highest BCUT2D eigenvalue weighted by molar-refractivity contribution is 6.28. The zero-order chi connectivity index (χ0) is 14.1. The minimum absolute atomic E-state index is 0.0479. The van der Waals surface area contributed by atoms with Crippen LogP contribution in [0.15, 0.2) is 30.5 Å².